The molecule has 2 aromatic rings. The molecule has 316 valence electrons. The number of hydrogen-bond acceptors (Lipinski definition) is 12. The summed E-state index contributed by atoms with van der Waals surface area (Å²) in [6.45, 7) is 4.85. The van der Waals surface area contributed by atoms with Crippen LogP contribution >= 0.6 is 0 Å². The van der Waals surface area contributed by atoms with Crippen LogP contribution in [0.1, 0.15) is 140 Å². The Kier molecular flexibility index (Phi) is 19.1. The summed E-state index contributed by atoms with van der Waals surface area (Å²) >= 11 is 0. The minimum atomic E-state index is -0.696. The van der Waals surface area contributed by atoms with Gasteiger partial charge in [-0.2, -0.15) is 0 Å². The predicted octanol–water partition coefficient (Wildman–Crippen LogP) is 8.10. The number of para-hydroxylation sites is 2. The first-order valence-electron chi connectivity index (χ1n) is 21.1. The fourth-order valence-electron chi connectivity index (χ4n) is 8.17. The van der Waals surface area contributed by atoms with Crippen LogP contribution in [-0.4, -0.2) is 96.1 Å². The Morgan fingerprint density at radius 1 is 0.643 bits per heavy atom. The van der Waals surface area contributed by atoms with Gasteiger partial charge in [0.15, 0.2) is 18.9 Å². The number of phenolic OH excluding ortho intramolecular Hbond substituents is 2. The van der Waals surface area contributed by atoms with Crippen molar-refractivity contribution < 1.29 is 58.3 Å². The molecule has 0 spiro atoms. The molecular formula is C44H68O12. The molecule has 0 aliphatic carbocycles. The van der Waals surface area contributed by atoms with E-state index in [4.69, 9.17) is 37.9 Å². The van der Waals surface area contributed by atoms with Crippen molar-refractivity contribution in [3.8, 4) is 11.5 Å². The zero-order valence-electron chi connectivity index (χ0n) is 33.8. The van der Waals surface area contributed by atoms with Gasteiger partial charge in [0, 0.05) is 31.1 Å². The van der Waals surface area contributed by atoms with E-state index in [1.165, 1.54) is 0 Å². The highest BCUT2D eigenvalue weighted by Gasteiger charge is 2.34. The molecule has 0 aromatic heterocycles. The first-order chi connectivity index (χ1) is 27.2. The van der Waals surface area contributed by atoms with Crippen LogP contribution in [0.15, 0.2) is 48.5 Å². The number of phenols is 2. The molecule has 0 amide bonds. The van der Waals surface area contributed by atoms with Crippen molar-refractivity contribution in [1.29, 1.82) is 0 Å². The average molecular weight is 789 g/mol. The maximum Gasteiger partial charge on any atom is 0.188 e. The lowest BCUT2D eigenvalue weighted by Gasteiger charge is -2.37. The van der Waals surface area contributed by atoms with Gasteiger partial charge in [0.25, 0.3) is 0 Å². The summed E-state index contributed by atoms with van der Waals surface area (Å²) in [4.78, 5) is 0. The largest absolute Gasteiger partial charge is 0.507 e. The highest BCUT2D eigenvalue weighted by Crippen LogP contribution is 2.38. The molecule has 5 rings (SSSR count). The Balaban J connectivity index is 1.03. The quantitative estimate of drug-likeness (QED) is 0.0636. The van der Waals surface area contributed by atoms with E-state index in [0.29, 0.717) is 63.1 Å². The van der Waals surface area contributed by atoms with Crippen molar-refractivity contribution in [3.05, 3.63) is 59.7 Å². The average Bonchev–Trinajstić information content (AvgIpc) is 3.17. The van der Waals surface area contributed by atoms with Crippen molar-refractivity contribution in [2.45, 2.75) is 184 Å². The van der Waals surface area contributed by atoms with E-state index < -0.39 is 24.8 Å². The standard InChI is InChI=1S/C44H68O12/c1-30(51-29-49-3)13-5-4-6-16-34-28-38(53-31(2)52-34)26-33(46)15-12-18-36-27-35(55-44(56-36)40-20-8-10-22-42(40)48)17-11-14-32(45)25-37-23-24-50-43(54-37)39-19-7-9-21-41(39)47/h7-10,19-22,30-38,43-48H,4-6,11-18,23-29H2,1-3H3. The van der Waals surface area contributed by atoms with E-state index >= 15 is 0 Å². The highest BCUT2D eigenvalue weighted by atomic mass is 16.7. The molecule has 0 radical (unpaired) electrons. The van der Waals surface area contributed by atoms with Crippen molar-refractivity contribution in [2.24, 2.45) is 0 Å². The van der Waals surface area contributed by atoms with E-state index in [0.717, 1.165) is 64.2 Å². The number of unbranched alkanes of at least 4 members (excludes halogenated alkanes) is 2. The van der Waals surface area contributed by atoms with Crippen LogP contribution in [-0.2, 0) is 37.9 Å². The van der Waals surface area contributed by atoms with Crippen LogP contribution in [0.2, 0.25) is 0 Å². The number of aromatic hydroxyl groups is 2. The van der Waals surface area contributed by atoms with Gasteiger partial charge in [-0.05, 0) is 96.6 Å². The van der Waals surface area contributed by atoms with Gasteiger partial charge in [0.1, 0.15) is 18.3 Å². The van der Waals surface area contributed by atoms with Crippen LogP contribution in [0.25, 0.3) is 0 Å². The summed E-state index contributed by atoms with van der Waals surface area (Å²) in [6, 6.07) is 14.1. The van der Waals surface area contributed by atoms with Gasteiger partial charge in [0.05, 0.1) is 55.4 Å². The lowest BCUT2D eigenvalue weighted by molar-refractivity contribution is -0.251. The summed E-state index contributed by atoms with van der Waals surface area (Å²) in [5.74, 6) is 0.264. The van der Waals surface area contributed by atoms with E-state index in [-0.39, 0.29) is 54.4 Å². The molecule has 11 unspecified atom stereocenters. The molecule has 3 aliphatic rings. The Labute approximate surface area is 333 Å². The molecule has 12 heteroatoms. The zero-order chi connectivity index (χ0) is 39.7. The van der Waals surface area contributed by atoms with Crippen LogP contribution in [0.5, 0.6) is 11.5 Å². The van der Waals surface area contributed by atoms with Gasteiger partial charge in [0.2, 0.25) is 0 Å². The lowest BCUT2D eigenvalue weighted by Crippen LogP contribution is -2.38. The SMILES string of the molecule is COCOC(C)CCCCCC1CC(CC(O)CCCC2CC(CCCC(O)CC3CCOC(c4ccccc4O)O3)OC(c3ccccc3O)O2)OC(C)O1. The van der Waals surface area contributed by atoms with Gasteiger partial charge in [-0.1, -0.05) is 55.7 Å². The monoisotopic (exact) mass is 788 g/mol. The summed E-state index contributed by atoms with van der Waals surface area (Å²) < 4.78 is 47.4. The van der Waals surface area contributed by atoms with E-state index in [9.17, 15) is 20.4 Å². The number of aliphatic hydroxyl groups is 2. The Bertz CT molecular complexity index is 1380. The Morgan fingerprint density at radius 3 is 1.82 bits per heavy atom. The molecule has 4 N–H and O–H groups in total. The van der Waals surface area contributed by atoms with Crippen LogP contribution in [0, 0.1) is 0 Å². The van der Waals surface area contributed by atoms with E-state index in [1.54, 1.807) is 37.4 Å². The number of methoxy groups -OCH3 is 1. The van der Waals surface area contributed by atoms with Crippen LogP contribution in [0.4, 0.5) is 0 Å². The van der Waals surface area contributed by atoms with Gasteiger partial charge < -0.3 is 58.3 Å². The first-order valence-corrected chi connectivity index (χ1v) is 21.1. The summed E-state index contributed by atoms with van der Waals surface area (Å²) in [5.41, 5.74) is 1.19. The molecular weight excluding hydrogens is 720 g/mol. The summed E-state index contributed by atoms with van der Waals surface area (Å²) in [6.07, 6.45) is 10.0. The molecule has 3 fully saturated rings. The predicted molar refractivity (Wildman–Crippen MR) is 210 cm³/mol. The molecule has 3 heterocycles. The van der Waals surface area contributed by atoms with E-state index in [1.807, 2.05) is 25.1 Å². The maximum absolute atomic E-state index is 11.1. The van der Waals surface area contributed by atoms with Gasteiger partial charge in [-0.15, -0.1) is 0 Å². The maximum atomic E-state index is 11.1. The Morgan fingerprint density at radius 2 is 1.18 bits per heavy atom. The highest BCUT2D eigenvalue weighted by molar-refractivity contribution is 5.33. The van der Waals surface area contributed by atoms with Crippen LogP contribution < -0.4 is 0 Å². The normalized spacial score (nSPS) is 28.8. The third kappa shape index (κ3) is 15.1. The fraction of sp³-hybridized carbons (Fsp3) is 0.727. The molecule has 2 aromatic carbocycles. The Hall–Kier alpha value is -2.36. The summed E-state index contributed by atoms with van der Waals surface area (Å²) in [5, 5.41) is 42.9. The van der Waals surface area contributed by atoms with Gasteiger partial charge in [-0.25, -0.2) is 0 Å². The lowest BCUT2D eigenvalue weighted by atomic mass is 9.95. The van der Waals surface area contributed by atoms with E-state index in [2.05, 4.69) is 6.92 Å². The second kappa shape index (κ2) is 23.9. The molecule has 0 bridgehead atoms. The number of aliphatic hydroxyl groups excluding tert-OH is 2. The van der Waals surface area contributed by atoms with Gasteiger partial charge in [-0.3, -0.25) is 0 Å². The van der Waals surface area contributed by atoms with Crippen LogP contribution in [0.3, 0.4) is 0 Å². The third-order valence-electron chi connectivity index (χ3n) is 11.2. The van der Waals surface area contributed by atoms with Gasteiger partial charge >= 0.3 is 0 Å². The third-order valence-corrected chi connectivity index (χ3v) is 11.2. The number of benzene rings is 2. The molecule has 12 nitrogen and oxygen atoms in total. The minimum absolute atomic E-state index is 0.0394. The fourth-order valence-corrected chi connectivity index (χ4v) is 8.17. The molecule has 0 saturated carbocycles. The molecule has 56 heavy (non-hydrogen) atoms. The van der Waals surface area contributed by atoms with Crippen molar-refractivity contribution in [1.82, 2.24) is 0 Å². The topological polar surface area (TPSA) is 155 Å². The smallest absolute Gasteiger partial charge is 0.188 e. The summed E-state index contributed by atoms with van der Waals surface area (Å²) in [7, 11) is 1.64. The second-order valence-electron chi connectivity index (χ2n) is 15.9. The molecule has 3 aliphatic heterocycles. The number of hydrogen-bond donors (Lipinski definition) is 4. The molecule has 11 atom stereocenters. The first kappa shape index (κ1) is 44.7. The second-order valence-corrected chi connectivity index (χ2v) is 15.9. The van der Waals surface area contributed by atoms with Crippen molar-refractivity contribution >= 4 is 0 Å². The number of rotatable bonds is 23. The molecule has 3 saturated heterocycles. The van der Waals surface area contributed by atoms with Crippen molar-refractivity contribution in [3.63, 3.8) is 0 Å². The van der Waals surface area contributed by atoms with Crippen molar-refractivity contribution in [2.75, 3.05) is 20.5 Å². The minimum Gasteiger partial charge on any atom is -0.507 e. The zero-order valence-corrected chi connectivity index (χ0v) is 33.8. The number of ether oxygens (including phenoxy) is 8.